The lowest BCUT2D eigenvalue weighted by Crippen LogP contribution is -2.12. The first kappa shape index (κ1) is 95.2. The summed E-state index contributed by atoms with van der Waals surface area (Å²) in [5.41, 5.74) is 8.49. The van der Waals surface area contributed by atoms with E-state index in [1.165, 1.54) is 48.5 Å². The number of phenols is 5. The number of carbonyl (C=O) groups is 3. The van der Waals surface area contributed by atoms with E-state index in [0.29, 0.717) is 72.0 Å². The van der Waals surface area contributed by atoms with Gasteiger partial charge in [0.25, 0.3) is 29.1 Å². The molecule has 36 heteroatoms. The summed E-state index contributed by atoms with van der Waals surface area (Å²) in [6, 6.07) is 90.4. The molecule has 0 atom stereocenters. The first-order valence-electron chi connectivity index (χ1n) is 38.9. The number of non-ortho nitro benzene ring substituents is 1. The number of anilines is 4. The van der Waals surface area contributed by atoms with Crippen molar-refractivity contribution >= 4 is 191 Å². The molecule has 0 aliphatic carbocycles. The Balaban J connectivity index is 0.000000165. The molecule has 0 bridgehead atoms. The van der Waals surface area contributed by atoms with E-state index < -0.39 is 54.5 Å². The fourth-order valence-corrected chi connectivity index (χ4v) is 13.0. The van der Waals surface area contributed by atoms with Crippen molar-refractivity contribution in [1.82, 2.24) is 0 Å². The number of aryl methyl sites for hydroxylation is 3. The number of nitrogens with zero attached hydrogens (tertiary/aromatic N) is 10. The molecule has 0 fully saturated rings. The van der Waals surface area contributed by atoms with Crippen LogP contribution in [0.4, 0.5) is 79.6 Å². The van der Waals surface area contributed by atoms with Crippen LogP contribution in [0.1, 0.15) is 53.3 Å². The van der Waals surface area contributed by atoms with Crippen LogP contribution in [0.25, 0.3) is 48.8 Å². The summed E-state index contributed by atoms with van der Waals surface area (Å²) in [6.07, 6.45) is 0. The molecule has 0 unspecified atom stereocenters. The van der Waals surface area contributed by atoms with Crippen LogP contribution in [0.3, 0.4) is 0 Å². The predicted molar refractivity (Wildman–Crippen MR) is 506 cm³/mol. The number of nitro benzene ring substituents is 2. The van der Waals surface area contributed by atoms with E-state index in [0.717, 1.165) is 43.9 Å². The molecule has 0 aliphatic rings. The van der Waals surface area contributed by atoms with Crippen molar-refractivity contribution in [3.8, 4) is 28.7 Å². The van der Waals surface area contributed by atoms with Gasteiger partial charge >= 0.3 is 21.2 Å². The fraction of sp³-hybridized carbons (Fsp3) is 0.0312. The van der Waals surface area contributed by atoms with Crippen LogP contribution in [-0.4, -0.2) is 78.4 Å². The molecule has 16 aromatic rings. The van der Waals surface area contributed by atoms with Crippen molar-refractivity contribution in [2.24, 2.45) is 40.9 Å². The molecule has 0 saturated heterocycles. The Bertz CT molecular complexity index is 7440. The van der Waals surface area contributed by atoms with Gasteiger partial charge in [0.2, 0.25) is 0 Å². The number of nitrogens with one attached hydrogen (secondary N) is 4. The number of rotatable bonds is 19. The van der Waals surface area contributed by atoms with Gasteiger partial charge in [0, 0.05) is 78.4 Å². The standard InChI is InChI=1S/C25H20N4O3.C24H17ClN4O4.C24H18ClN3O2.C23H17N3O3.2O3S/c1-16-7-3-6-10-23(16)26-17(2)22-15-18-8-4-5-9-21(18)24(25(22)30)28-27-19-11-13-20(14-12-19)29(31)32;1-14-6-9-17(10-7-14)26-24(31)19-12-15-4-2-3-5-18(15)22(23(19)30)28-27-20-11-8-16(25)13-21(20)29(32)33;1-15-13-18(11-12-21(15)25)27-28-22-19-10-6-5-7-16(19)14-20(23(22)29)24(30)26-17-8-3-2-4-9-17;27-20-13-7-6-12-18(20)25-26-19-14-15-8-4-5-11-17(15)21(22(19)28)23(29)24-16-9-2-1-3-10-16;2*1-4(2)3/h3-15,26,30H,2H2,1H3;2-13,30H,1H3,(H,26,31);2-14,29H,1H3,(H,26,30);1-14,27-28H,(H,24,29);;. The number of phenolic OH excluding ortho intramolecular Hbond substituents is 5. The van der Waals surface area contributed by atoms with E-state index in [-0.39, 0.29) is 84.5 Å². The summed E-state index contributed by atoms with van der Waals surface area (Å²) >= 11 is 11.9. The predicted octanol–water partition coefficient (Wildman–Crippen LogP) is 25.4. The van der Waals surface area contributed by atoms with Gasteiger partial charge < -0.3 is 46.8 Å². The van der Waals surface area contributed by atoms with Crippen LogP contribution < -0.4 is 21.3 Å². The zero-order valence-corrected chi connectivity index (χ0v) is 72.5. The Hall–Kier alpha value is -17.5. The summed E-state index contributed by atoms with van der Waals surface area (Å²) in [6.45, 7) is 9.90. The molecule has 660 valence electrons. The summed E-state index contributed by atoms with van der Waals surface area (Å²) in [5.74, 6) is -2.39. The highest BCUT2D eigenvalue weighted by atomic mass is 35.5. The first-order chi connectivity index (χ1) is 63.4. The van der Waals surface area contributed by atoms with Crippen LogP contribution in [0.2, 0.25) is 10.0 Å². The zero-order valence-electron chi connectivity index (χ0n) is 69.3. The third-order valence-electron chi connectivity index (χ3n) is 19.1. The Morgan fingerprint density at radius 2 is 0.765 bits per heavy atom. The Labute approximate surface area is 763 Å². The number of fused-ring (bicyclic) bond motifs is 4. The Morgan fingerprint density at radius 3 is 1.27 bits per heavy atom. The van der Waals surface area contributed by atoms with Gasteiger partial charge in [0.15, 0.2) is 28.7 Å². The van der Waals surface area contributed by atoms with Crippen molar-refractivity contribution in [2.75, 3.05) is 21.3 Å². The molecular weight excluding hydrogens is 1770 g/mol. The maximum atomic E-state index is 12.9. The van der Waals surface area contributed by atoms with E-state index in [9.17, 15) is 60.1 Å². The van der Waals surface area contributed by atoms with Crippen LogP contribution >= 0.6 is 23.2 Å². The second kappa shape index (κ2) is 45.1. The molecule has 0 heterocycles. The number of hydrogen-bond donors (Lipinski definition) is 9. The van der Waals surface area contributed by atoms with Crippen LogP contribution in [0, 0.1) is 41.0 Å². The van der Waals surface area contributed by atoms with E-state index in [2.05, 4.69) is 68.8 Å². The SMILES string of the molecule is C=C(Nc1ccccc1C)c1cc2ccccc2c(N=Nc2ccc([N+](=O)[O-])cc2)c1O.Cc1cc(N=Nc2c(O)c(C(=O)Nc3ccccc3)cc3ccccc23)ccc1Cl.Cc1ccc(NC(=O)c2cc3ccccc3c(N=Nc3ccc(Cl)cc3[N+](=O)[O-])c2O)cc1.O=C(Nc1ccccc1)c1c(O)c(N=Nc2ccccc2O)cc2ccccc12.O=S(=O)=O.O=S(=O)=O. The quantitative estimate of drug-likeness (QED) is 0.0206. The zero-order chi connectivity index (χ0) is 94.7. The largest absolute Gasteiger partial charge is 0.506 e. The normalized spacial score (nSPS) is 10.8. The van der Waals surface area contributed by atoms with Crippen LogP contribution in [0.5, 0.6) is 28.7 Å². The molecule has 0 aliphatic heterocycles. The average Bonchev–Trinajstić information content (AvgIpc) is 0.673. The number of halogens is 2. The van der Waals surface area contributed by atoms with Gasteiger partial charge in [-0.15, -0.1) is 55.9 Å². The molecule has 0 radical (unpaired) electrons. The van der Waals surface area contributed by atoms with E-state index in [1.807, 2.05) is 160 Å². The minimum Gasteiger partial charge on any atom is -0.506 e. The molecule has 9 N–H and O–H groups in total. The van der Waals surface area contributed by atoms with Crippen molar-refractivity contribution in [1.29, 1.82) is 0 Å². The third-order valence-corrected chi connectivity index (χ3v) is 19.8. The van der Waals surface area contributed by atoms with Gasteiger partial charge in [-0.2, -0.15) is 10.2 Å². The molecule has 132 heavy (non-hydrogen) atoms. The number of nitro groups is 2. The summed E-state index contributed by atoms with van der Waals surface area (Å²) in [7, 11) is -6.22. The topological polar surface area (TPSA) is 488 Å². The van der Waals surface area contributed by atoms with Gasteiger partial charge in [-0.05, 0) is 180 Å². The smallest absolute Gasteiger partial charge is 0.425 e. The lowest BCUT2D eigenvalue weighted by molar-refractivity contribution is -0.384. The van der Waals surface area contributed by atoms with Crippen molar-refractivity contribution in [2.45, 2.75) is 20.8 Å². The maximum Gasteiger partial charge on any atom is 0.425 e. The van der Waals surface area contributed by atoms with E-state index in [1.54, 1.807) is 127 Å². The Kier molecular flexibility index (Phi) is 32.5. The van der Waals surface area contributed by atoms with E-state index >= 15 is 0 Å². The minimum atomic E-state index is -3.11. The number of para-hydroxylation sites is 4. The average molecular weight is 1840 g/mol. The molecule has 0 spiro atoms. The molecule has 32 nitrogen and oxygen atoms in total. The van der Waals surface area contributed by atoms with E-state index in [4.69, 9.17) is 48.5 Å². The molecule has 0 aromatic heterocycles. The van der Waals surface area contributed by atoms with Gasteiger partial charge in [-0.1, -0.05) is 211 Å². The highest BCUT2D eigenvalue weighted by Crippen LogP contribution is 2.46. The second-order valence-electron chi connectivity index (χ2n) is 28.0. The van der Waals surface area contributed by atoms with Crippen molar-refractivity contribution in [3.05, 3.63) is 391 Å². The summed E-state index contributed by atoms with van der Waals surface area (Å²) in [4.78, 5) is 59.8. The van der Waals surface area contributed by atoms with Gasteiger partial charge in [0.1, 0.15) is 34.2 Å². The number of aromatic hydroxyl groups is 5. The Morgan fingerprint density at radius 1 is 0.356 bits per heavy atom. The summed E-state index contributed by atoms with van der Waals surface area (Å²) < 4.78 is 50.7. The highest BCUT2D eigenvalue weighted by Gasteiger charge is 2.25. The number of hydrogen-bond acceptors (Lipinski definition) is 27. The van der Waals surface area contributed by atoms with Crippen LogP contribution in [-0.2, 0) is 21.2 Å². The van der Waals surface area contributed by atoms with Crippen molar-refractivity contribution in [3.63, 3.8) is 0 Å². The molecule has 16 rings (SSSR count). The number of amides is 3. The van der Waals surface area contributed by atoms with Gasteiger partial charge in [-0.25, -0.2) is 0 Å². The number of carbonyl (C=O) groups excluding carboxylic acids is 3. The minimum absolute atomic E-state index is 0.00571. The van der Waals surface area contributed by atoms with Gasteiger partial charge in [0.05, 0.1) is 37.9 Å². The van der Waals surface area contributed by atoms with Gasteiger partial charge in [-0.3, -0.25) is 34.6 Å². The molecule has 0 saturated carbocycles. The molecular formula is C96H72Cl2N14O18S2. The molecule has 16 aromatic carbocycles. The fourth-order valence-electron chi connectivity index (χ4n) is 12.7. The number of azo groups is 4. The molecule has 3 amide bonds. The first-order valence-corrected chi connectivity index (χ1v) is 41.7. The second-order valence-corrected chi connectivity index (χ2v) is 29.7. The summed E-state index contributed by atoms with van der Waals surface area (Å²) in [5, 5.41) is 127. The van der Waals surface area contributed by atoms with Crippen molar-refractivity contribution < 1.29 is 75.0 Å². The number of benzene rings is 16. The lowest BCUT2D eigenvalue weighted by atomic mass is 10.0. The monoisotopic (exact) mass is 1840 g/mol. The third kappa shape index (κ3) is 25.4. The maximum absolute atomic E-state index is 12.9. The lowest BCUT2D eigenvalue weighted by Gasteiger charge is -2.15. The highest BCUT2D eigenvalue weighted by molar-refractivity contribution is 7.59. The van der Waals surface area contributed by atoms with Crippen LogP contribution in [0.15, 0.2) is 363 Å².